The number of hydrogen-bond donors (Lipinski definition) is 1. The lowest BCUT2D eigenvalue weighted by atomic mass is 10.1. The Balaban J connectivity index is 2.58. The average molecular weight is 379 g/mol. The first-order valence-electron chi connectivity index (χ1n) is 7.30. The number of ketones is 1. The van der Waals surface area contributed by atoms with E-state index in [0.29, 0.717) is 31.4 Å². The molecule has 0 bridgehead atoms. The van der Waals surface area contributed by atoms with Crippen molar-refractivity contribution in [2.45, 2.75) is 51.0 Å². The van der Waals surface area contributed by atoms with Crippen molar-refractivity contribution >= 4 is 36.3 Å². The fourth-order valence-corrected chi connectivity index (χ4v) is 3.76. The fraction of sp³-hybridized carbons (Fsp3) is 0.857. The van der Waals surface area contributed by atoms with Crippen LogP contribution in [-0.4, -0.2) is 62.5 Å². The topological polar surface area (TPSA) is 58.6 Å². The molecule has 0 aromatic rings. The minimum Gasteiger partial charge on any atom is -0.416 e. The number of carbonyl (C=O) groups is 2. The second kappa shape index (κ2) is 7.46. The van der Waals surface area contributed by atoms with E-state index in [0.717, 1.165) is 0 Å². The van der Waals surface area contributed by atoms with Gasteiger partial charge in [0.1, 0.15) is 0 Å². The Morgan fingerprint density at radius 2 is 2.10 bits per heavy atom. The molecule has 0 radical (unpaired) electrons. The molecule has 0 amide bonds. The first-order valence-corrected chi connectivity index (χ1v) is 11.3. The van der Waals surface area contributed by atoms with Crippen LogP contribution in [0.3, 0.4) is 0 Å². The molecule has 1 fully saturated rings. The van der Waals surface area contributed by atoms with E-state index in [1.165, 1.54) is 0 Å². The maximum atomic E-state index is 11.8. The van der Waals surface area contributed by atoms with Crippen molar-refractivity contribution in [3.05, 3.63) is 0 Å². The van der Waals surface area contributed by atoms with Crippen LogP contribution in [-0.2, 0) is 14.0 Å². The van der Waals surface area contributed by atoms with Gasteiger partial charge in [0.25, 0.3) is 0 Å². The number of Topliss-reactive ketones (excluding diaryl/α,β-unsaturated/α-hetero) is 1. The van der Waals surface area contributed by atoms with E-state index in [9.17, 15) is 9.59 Å². The molecule has 21 heavy (non-hydrogen) atoms. The molecule has 1 aliphatic rings. The van der Waals surface area contributed by atoms with Crippen molar-refractivity contribution in [3.8, 4) is 0 Å². The van der Waals surface area contributed by atoms with Gasteiger partial charge in [-0.05, 0) is 18.1 Å². The fourth-order valence-electron chi connectivity index (χ4n) is 2.14. The van der Waals surface area contributed by atoms with Gasteiger partial charge in [0, 0.05) is 31.2 Å². The SMILES string of the molecule is CC(C)(C)[Si](C)(C)OCCN1CNC(CBr)C1C(=O)C=O. The summed E-state index contributed by atoms with van der Waals surface area (Å²) in [7, 11) is -1.77. The van der Waals surface area contributed by atoms with Crippen molar-refractivity contribution in [2.75, 3.05) is 25.2 Å². The van der Waals surface area contributed by atoms with Gasteiger partial charge in [-0.15, -0.1) is 0 Å². The highest BCUT2D eigenvalue weighted by Gasteiger charge is 2.39. The standard InChI is InChI=1S/C14H27BrN2O3Si/c1-14(2,3)21(4,5)20-7-6-17-10-16-11(8-15)13(17)12(19)9-18/h9,11,13,16H,6-8,10H2,1-5H3. The van der Waals surface area contributed by atoms with Crippen molar-refractivity contribution in [1.82, 2.24) is 10.2 Å². The Morgan fingerprint density at radius 1 is 1.48 bits per heavy atom. The van der Waals surface area contributed by atoms with E-state index in [1.807, 2.05) is 4.90 Å². The number of nitrogens with zero attached hydrogens (tertiary/aromatic N) is 1. The van der Waals surface area contributed by atoms with E-state index in [-0.39, 0.29) is 22.9 Å². The average Bonchev–Trinajstić information content (AvgIpc) is 2.79. The Labute approximate surface area is 137 Å². The van der Waals surface area contributed by atoms with E-state index >= 15 is 0 Å². The summed E-state index contributed by atoms with van der Waals surface area (Å²) in [6, 6.07) is -0.402. The highest BCUT2D eigenvalue weighted by atomic mass is 79.9. The second-order valence-corrected chi connectivity index (χ2v) is 12.5. The molecule has 0 aliphatic carbocycles. The Kier molecular flexibility index (Phi) is 6.73. The molecule has 122 valence electrons. The lowest BCUT2D eigenvalue weighted by molar-refractivity contribution is -0.133. The molecule has 0 spiro atoms. The number of aldehydes is 1. The molecule has 1 saturated heterocycles. The molecule has 5 nitrogen and oxygen atoms in total. The molecule has 0 aromatic heterocycles. The first kappa shape index (κ1) is 19.0. The van der Waals surface area contributed by atoms with E-state index in [4.69, 9.17) is 4.43 Å². The molecule has 0 aromatic carbocycles. The Morgan fingerprint density at radius 3 is 2.57 bits per heavy atom. The summed E-state index contributed by atoms with van der Waals surface area (Å²) in [6.07, 6.45) is 0.426. The van der Waals surface area contributed by atoms with Crippen molar-refractivity contribution in [2.24, 2.45) is 0 Å². The third-order valence-electron chi connectivity index (χ3n) is 4.55. The molecule has 7 heteroatoms. The Bertz CT molecular complexity index is 385. The first-order chi connectivity index (χ1) is 9.64. The molecule has 1 N–H and O–H groups in total. The molecule has 2 unspecified atom stereocenters. The summed E-state index contributed by atoms with van der Waals surface area (Å²) in [5.74, 6) is -0.364. The van der Waals surface area contributed by atoms with E-state index in [1.54, 1.807) is 0 Å². The minimum atomic E-state index is -1.77. The number of nitrogens with one attached hydrogen (secondary N) is 1. The van der Waals surface area contributed by atoms with Crippen molar-refractivity contribution < 1.29 is 14.0 Å². The van der Waals surface area contributed by atoms with Gasteiger partial charge in [0.15, 0.2) is 14.6 Å². The molecular formula is C14H27BrN2O3Si. The van der Waals surface area contributed by atoms with Crippen LogP contribution in [0.4, 0.5) is 0 Å². The lowest BCUT2D eigenvalue weighted by Gasteiger charge is -2.36. The van der Waals surface area contributed by atoms with Crippen LogP contribution in [0.1, 0.15) is 20.8 Å². The lowest BCUT2D eigenvalue weighted by Crippen LogP contribution is -2.47. The van der Waals surface area contributed by atoms with E-state index < -0.39 is 8.32 Å². The number of carbonyl (C=O) groups excluding carboxylic acids is 2. The third kappa shape index (κ3) is 4.69. The summed E-state index contributed by atoms with van der Waals surface area (Å²) in [4.78, 5) is 24.6. The zero-order valence-electron chi connectivity index (χ0n) is 13.6. The minimum absolute atomic E-state index is 0.0180. The van der Waals surface area contributed by atoms with Crippen LogP contribution in [0.2, 0.25) is 18.1 Å². The van der Waals surface area contributed by atoms with Crippen molar-refractivity contribution in [3.63, 3.8) is 0 Å². The predicted octanol–water partition coefficient (Wildman–Crippen LogP) is 1.77. The highest BCUT2D eigenvalue weighted by Crippen LogP contribution is 2.36. The zero-order chi connectivity index (χ0) is 16.3. The molecule has 1 aliphatic heterocycles. The van der Waals surface area contributed by atoms with Gasteiger partial charge < -0.3 is 4.43 Å². The highest BCUT2D eigenvalue weighted by molar-refractivity contribution is 9.09. The number of halogens is 1. The maximum Gasteiger partial charge on any atom is 0.213 e. The molecule has 0 saturated carbocycles. The van der Waals surface area contributed by atoms with Gasteiger partial charge in [-0.1, -0.05) is 36.7 Å². The summed E-state index contributed by atoms with van der Waals surface area (Å²) in [6.45, 7) is 12.9. The maximum absolute atomic E-state index is 11.8. The summed E-state index contributed by atoms with van der Waals surface area (Å²) in [5, 5.41) is 4.08. The van der Waals surface area contributed by atoms with Crippen LogP contribution < -0.4 is 5.32 Å². The van der Waals surface area contributed by atoms with Crippen LogP contribution >= 0.6 is 15.9 Å². The van der Waals surface area contributed by atoms with Crippen LogP contribution in [0.25, 0.3) is 0 Å². The number of rotatable bonds is 7. The number of hydrogen-bond acceptors (Lipinski definition) is 5. The summed E-state index contributed by atoms with van der Waals surface area (Å²) in [5.41, 5.74) is 0. The summed E-state index contributed by atoms with van der Waals surface area (Å²) >= 11 is 3.39. The van der Waals surface area contributed by atoms with Gasteiger partial charge in [-0.3, -0.25) is 19.8 Å². The normalized spacial score (nSPS) is 24.3. The van der Waals surface area contributed by atoms with Gasteiger partial charge in [0.2, 0.25) is 5.78 Å². The van der Waals surface area contributed by atoms with E-state index in [2.05, 4.69) is 55.1 Å². The zero-order valence-corrected chi connectivity index (χ0v) is 16.2. The molecule has 1 rings (SSSR count). The van der Waals surface area contributed by atoms with Crippen LogP contribution in [0.5, 0.6) is 0 Å². The van der Waals surface area contributed by atoms with Crippen molar-refractivity contribution in [1.29, 1.82) is 0 Å². The predicted molar refractivity (Wildman–Crippen MR) is 90.3 cm³/mol. The third-order valence-corrected chi connectivity index (χ3v) is 9.79. The second-order valence-electron chi connectivity index (χ2n) is 7.01. The largest absolute Gasteiger partial charge is 0.416 e. The molecule has 1 heterocycles. The Hall–Kier alpha value is -0.0831. The van der Waals surface area contributed by atoms with Gasteiger partial charge >= 0.3 is 0 Å². The van der Waals surface area contributed by atoms with Gasteiger partial charge in [-0.2, -0.15) is 0 Å². The van der Waals surface area contributed by atoms with Gasteiger partial charge in [0.05, 0.1) is 6.04 Å². The molecular weight excluding hydrogens is 352 g/mol. The van der Waals surface area contributed by atoms with Crippen LogP contribution in [0.15, 0.2) is 0 Å². The van der Waals surface area contributed by atoms with Gasteiger partial charge in [-0.25, -0.2) is 0 Å². The monoisotopic (exact) mass is 378 g/mol. The quantitative estimate of drug-likeness (QED) is 0.316. The smallest absolute Gasteiger partial charge is 0.213 e. The number of alkyl halides is 1. The molecule has 2 atom stereocenters. The van der Waals surface area contributed by atoms with Crippen LogP contribution in [0, 0.1) is 0 Å². The summed E-state index contributed by atoms with van der Waals surface area (Å²) < 4.78 is 6.14.